The highest BCUT2D eigenvalue weighted by atomic mass is 32.2. The standard InChI is InChI=1S/C33H27N3O6S2/c1-16-7-5-6-8-17(16)15-42-23-12-11-19(36(40)41)13-20(23)24-25-21-14-22(28(25)43-30-29(24)44-33(39)34-30)27-26(21)31(37)35(32(27)38)18-9-3-2-4-10-18/h2-13,21-22,24-28H,14-15H2,1H3,(H,34,39)/t21-,22-,24?,25?,26?,27?,28?/m1/s1. The van der Waals surface area contributed by atoms with Crippen LogP contribution in [0.4, 0.5) is 11.4 Å². The number of para-hydroxylation sites is 1. The number of amides is 2. The first-order valence-electron chi connectivity index (χ1n) is 14.6. The zero-order valence-electron chi connectivity index (χ0n) is 23.5. The van der Waals surface area contributed by atoms with E-state index < -0.39 is 22.7 Å². The summed E-state index contributed by atoms with van der Waals surface area (Å²) in [5, 5.41) is 12.7. The summed E-state index contributed by atoms with van der Waals surface area (Å²) in [6.45, 7) is 2.28. The topological polar surface area (TPSA) is 123 Å². The van der Waals surface area contributed by atoms with E-state index >= 15 is 0 Å². The number of thioether (sulfide) groups is 1. The van der Waals surface area contributed by atoms with Gasteiger partial charge in [0, 0.05) is 33.7 Å². The Bertz CT molecular complexity index is 1900. The molecule has 11 heteroatoms. The molecule has 3 aromatic carbocycles. The van der Waals surface area contributed by atoms with Crippen LogP contribution in [0.15, 0.2) is 82.6 Å². The van der Waals surface area contributed by atoms with E-state index in [1.54, 1.807) is 36.0 Å². The van der Waals surface area contributed by atoms with Crippen LogP contribution < -0.4 is 14.5 Å². The fourth-order valence-electron chi connectivity index (χ4n) is 8.15. The number of fused-ring (bicyclic) bond motifs is 9. The highest BCUT2D eigenvalue weighted by Gasteiger charge is 2.70. The Hall–Kier alpha value is -4.22. The molecule has 1 N–H and O–H groups in total. The van der Waals surface area contributed by atoms with Crippen LogP contribution >= 0.6 is 23.1 Å². The number of rotatable bonds is 6. The van der Waals surface area contributed by atoms with Gasteiger partial charge < -0.3 is 9.72 Å². The minimum atomic E-state index is -0.468. The molecule has 2 aliphatic carbocycles. The van der Waals surface area contributed by atoms with Crippen molar-refractivity contribution in [1.82, 2.24) is 4.98 Å². The van der Waals surface area contributed by atoms with Gasteiger partial charge in [-0.25, -0.2) is 0 Å². The molecule has 222 valence electrons. The summed E-state index contributed by atoms with van der Waals surface area (Å²) >= 11 is 2.70. The lowest BCUT2D eigenvalue weighted by atomic mass is 9.68. The molecule has 3 heterocycles. The number of hydrogen-bond donors (Lipinski definition) is 1. The number of aromatic nitrogens is 1. The number of aromatic amines is 1. The average Bonchev–Trinajstić information content (AvgIpc) is 3.76. The van der Waals surface area contributed by atoms with Crippen molar-refractivity contribution in [3.05, 3.63) is 114 Å². The number of anilines is 1. The van der Waals surface area contributed by atoms with E-state index in [2.05, 4.69) is 4.98 Å². The van der Waals surface area contributed by atoms with Crippen LogP contribution in [-0.4, -0.2) is 27.0 Å². The molecule has 44 heavy (non-hydrogen) atoms. The van der Waals surface area contributed by atoms with Crippen molar-refractivity contribution >= 4 is 46.3 Å². The summed E-state index contributed by atoms with van der Waals surface area (Å²) < 4.78 is 6.40. The molecule has 0 spiro atoms. The highest BCUT2D eigenvalue weighted by molar-refractivity contribution is 8.00. The number of nitro groups is 1. The van der Waals surface area contributed by atoms with Crippen LogP contribution in [0.1, 0.15) is 33.9 Å². The lowest BCUT2D eigenvalue weighted by molar-refractivity contribution is -0.385. The third kappa shape index (κ3) is 4.02. The second-order valence-corrected chi connectivity index (χ2v) is 14.2. The minimum absolute atomic E-state index is 0.0417. The summed E-state index contributed by atoms with van der Waals surface area (Å²) in [7, 11) is 0. The Morgan fingerprint density at radius 1 is 0.977 bits per heavy atom. The van der Waals surface area contributed by atoms with Crippen molar-refractivity contribution in [3.63, 3.8) is 0 Å². The van der Waals surface area contributed by atoms with Crippen molar-refractivity contribution in [3.8, 4) is 5.75 Å². The normalized spacial score (nSPS) is 28.1. The third-order valence-electron chi connectivity index (χ3n) is 9.92. The summed E-state index contributed by atoms with van der Waals surface area (Å²) in [6, 6.07) is 21.6. The summed E-state index contributed by atoms with van der Waals surface area (Å²) in [6.07, 6.45) is 0.724. The molecule has 8 rings (SSSR count). The van der Waals surface area contributed by atoms with Gasteiger partial charge in [0.15, 0.2) is 0 Å². The Balaban J connectivity index is 1.23. The van der Waals surface area contributed by atoms with Crippen molar-refractivity contribution in [2.45, 2.75) is 36.1 Å². The highest BCUT2D eigenvalue weighted by Crippen LogP contribution is 2.69. The molecular formula is C33H27N3O6S2. The molecule has 1 saturated heterocycles. The molecule has 2 saturated carbocycles. The van der Waals surface area contributed by atoms with Crippen molar-refractivity contribution in [2.24, 2.45) is 29.6 Å². The van der Waals surface area contributed by atoms with Gasteiger partial charge in [0.25, 0.3) is 5.69 Å². The number of aryl methyl sites for hydroxylation is 1. The second-order valence-electron chi connectivity index (χ2n) is 12.0. The number of nitrogens with zero attached hydrogens (tertiary/aromatic N) is 2. The molecule has 2 bridgehead atoms. The Morgan fingerprint density at radius 2 is 1.70 bits per heavy atom. The maximum absolute atomic E-state index is 14.0. The van der Waals surface area contributed by atoms with E-state index in [-0.39, 0.29) is 52.0 Å². The van der Waals surface area contributed by atoms with E-state index in [1.807, 2.05) is 49.4 Å². The molecule has 2 amide bonds. The lowest BCUT2D eigenvalue weighted by Crippen LogP contribution is -2.42. The van der Waals surface area contributed by atoms with Gasteiger partial charge in [-0.1, -0.05) is 53.8 Å². The van der Waals surface area contributed by atoms with Crippen LogP contribution in [0.3, 0.4) is 0 Å². The predicted molar refractivity (Wildman–Crippen MR) is 166 cm³/mol. The zero-order chi connectivity index (χ0) is 30.3. The second kappa shape index (κ2) is 10.2. The van der Waals surface area contributed by atoms with E-state index in [0.29, 0.717) is 17.0 Å². The molecule has 0 radical (unpaired) electrons. The van der Waals surface area contributed by atoms with Gasteiger partial charge in [-0.3, -0.25) is 29.4 Å². The molecule has 4 aromatic rings. The maximum atomic E-state index is 14.0. The van der Waals surface area contributed by atoms with Gasteiger partial charge in [-0.15, -0.1) is 11.8 Å². The number of ether oxygens (including phenoxy) is 1. The molecule has 2 aliphatic heterocycles. The molecule has 5 unspecified atom stereocenters. The van der Waals surface area contributed by atoms with Gasteiger partial charge in [0.05, 0.1) is 27.5 Å². The number of benzene rings is 3. The molecule has 1 aromatic heterocycles. The summed E-state index contributed by atoms with van der Waals surface area (Å²) in [5.74, 6) is -1.40. The first-order chi connectivity index (χ1) is 21.3. The van der Waals surface area contributed by atoms with Gasteiger partial charge in [0.1, 0.15) is 12.4 Å². The van der Waals surface area contributed by atoms with Crippen LogP contribution in [0, 0.1) is 46.6 Å². The molecule has 9 nitrogen and oxygen atoms in total. The Kier molecular flexibility index (Phi) is 6.32. The number of thiazole rings is 1. The summed E-state index contributed by atoms with van der Waals surface area (Å²) in [5.41, 5.74) is 3.23. The number of imide groups is 1. The number of nitro benzene ring substituents is 1. The number of nitrogens with one attached hydrogen (secondary N) is 1. The monoisotopic (exact) mass is 625 g/mol. The maximum Gasteiger partial charge on any atom is 0.305 e. The lowest BCUT2D eigenvalue weighted by Gasteiger charge is -2.43. The number of hydrogen-bond acceptors (Lipinski definition) is 8. The van der Waals surface area contributed by atoms with Gasteiger partial charge in [-0.2, -0.15) is 0 Å². The van der Waals surface area contributed by atoms with Gasteiger partial charge in [0.2, 0.25) is 11.8 Å². The third-order valence-corrected chi connectivity index (χ3v) is 12.5. The summed E-state index contributed by atoms with van der Waals surface area (Å²) in [4.78, 5) is 57.1. The van der Waals surface area contributed by atoms with E-state index in [9.17, 15) is 24.5 Å². The Labute approximate surface area is 260 Å². The van der Waals surface area contributed by atoms with E-state index in [0.717, 1.165) is 38.8 Å². The molecule has 4 aliphatic rings. The van der Waals surface area contributed by atoms with Crippen LogP contribution in [0.2, 0.25) is 0 Å². The number of carbonyl (C=O) groups is 2. The van der Waals surface area contributed by atoms with E-state index in [1.165, 1.54) is 11.0 Å². The minimum Gasteiger partial charge on any atom is -0.489 e. The van der Waals surface area contributed by atoms with Crippen molar-refractivity contribution in [1.29, 1.82) is 0 Å². The van der Waals surface area contributed by atoms with Crippen LogP contribution in [-0.2, 0) is 16.2 Å². The molecule has 3 fully saturated rings. The zero-order valence-corrected chi connectivity index (χ0v) is 25.2. The first-order valence-corrected chi connectivity index (χ1v) is 16.3. The fourth-order valence-corrected chi connectivity index (χ4v) is 11.0. The number of H-pyrrole nitrogens is 1. The van der Waals surface area contributed by atoms with Gasteiger partial charge >= 0.3 is 4.87 Å². The van der Waals surface area contributed by atoms with Crippen LogP contribution in [0.5, 0.6) is 5.75 Å². The smallest absolute Gasteiger partial charge is 0.305 e. The number of carbonyl (C=O) groups excluding carboxylic acids is 2. The fraction of sp³-hybridized carbons (Fsp3) is 0.303. The van der Waals surface area contributed by atoms with Crippen LogP contribution in [0.25, 0.3) is 0 Å². The number of non-ortho nitro benzene ring substituents is 1. The molecule has 7 atom stereocenters. The predicted octanol–water partition coefficient (Wildman–Crippen LogP) is 5.91. The molecular weight excluding hydrogens is 599 g/mol. The largest absolute Gasteiger partial charge is 0.489 e. The SMILES string of the molecule is Cc1ccccc1COc1ccc([N+](=O)[O-])cc1C1c2sc(=O)[nH]c2SC2C1[C@H]1C[C@@H]2C2C(=O)N(c3ccccc3)C(=O)C21. The first kappa shape index (κ1) is 27.3. The average molecular weight is 626 g/mol. The quantitative estimate of drug-likeness (QED) is 0.161. The van der Waals surface area contributed by atoms with Gasteiger partial charge in [-0.05, 0) is 60.4 Å². The van der Waals surface area contributed by atoms with E-state index in [4.69, 9.17) is 4.74 Å². The van der Waals surface area contributed by atoms with Crippen molar-refractivity contribution < 1.29 is 19.2 Å². The van der Waals surface area contributed by atoms with Crippen molar-refractivity contribution in [2.75, 3.05) is 4.90 Å². The Morgan fingerprint density at radius 3 is 2.45 bits per heavy atom.